The number of anilines is 1. The van der Waals surface area contributed by atoms with E-state index in [4.69, 9.17) is 9.47 Å². The highest BCUT2D eigenvalue weighted by molar-refractivity contribution is 9.13. The van der Waals surface area contributed by atoms with Crippen LogP contribution in [0.4, 0.5) is 5.69 Å². The summed E-state index contributed by atoms with van der Waals surface area (Å²) in [6.45, 7) is 0.768. The maximum Gasteiger partial charge on any atom is 0.162 e. The summed E-state index contributed by atoms with van der Waals surface area (Å²) in [6.07, 6.45) is 0. The molecule has 1 aromatic carbocycles. The third kappa shape index (κ3) is 3.64. The summed E-state index contributed by atoms with van der Waals surface area (Å²) in [4.78, 5) is 1.24. The second kappa shape index (κ2) is 6.63. The molecule has 0 aliphatic heterocycles. The maximum absolute atomic E-state index is 5.27. The smallest absolute Gasteiger partial charge is 0.162 e. The van der Waals surface area contributed by atoms with E-state index in [1.165, 1.54) is 4.88 Å². The SMILES string of the molecule is COc1ccc(NCc2cc(Br)c(Br)s2)cc1OC. The third-order valence-corrected chi connectivity index (χ3v) is 5.80. The molecule has 0 saturated carbocycles. The summed E-state index contributed by atoms with van der Waals surface area (Å²) >= 11 is 8.68. The molecule has 0 radical (unpaired) electrons. The quantitative estimate of drug-likeness (QED) is 0.765. The molecule has 102 valence electrons. The van der Waals surface area contributed by atoms with Gasteiger partial charge in [0, 0.05) is 27.6 Å². The summed E-state index contributed by atoms with van der Waals surface area (Å²) < 4.78 is 12.7. The van der Waals surface area contributed by atoms with E-state index in [2.05, 4.69) is 43.2 Å². The molecule has 0 saturated heterocycles. The van der Waals surface area contributed by atoms with Crippen LogP contribution in [0.15, 0.2) is 32.5 Å². The van der Waals surface area contributed by atoms with Crippen molar-refractivity contribution in [2.45, 2.75) is 6.54 Å². The van der Waals surface area contributed by atoms with Crippen LogP contribution < -0.4 is 14.8 Å². The lowest BCUT2D eigenvalue weighted by atomic mass is 10.2. The molecule has 3 nitrogen and oxygen atoms in total. The highest BCUT2D eigenvalue weighted by Crippen LogP contribution is 2.33. The first kappa shape index (κ1) is 14.7. The van der Waals surface area contributed by atoms with Gasteiger partial charge in [0.05, 0.1) is 18.0 Å². The normalized spacial score (nSPS) is 10.3. The number of halogens is 2. The monoisotopic (exact) mass is 405 g/mol. The number of thiophene rings is 1. The molecule has 6 heteroatoms. The lowest BCUT2D eigenvalue weighted by Crippen LogP contribution is -1.98. The Morgan fingerprint density at radius 2 is 1.84 bits per heavy atom. The summed E-state index contributed by atoms with van der Waals surface area (Å²) in [5.41, 5.74) is 0.998. The number of methoxy groups -OCH3 is 2. The van der Waals surface area contributed by atoms with Crippen molar-refractivity contribution in [2.24, 2.45) is 0 Å². The van der Waals surface area contributed by atoms with E-state index in [0.29, 0.717) is 0 Å². The topological polar surface area (TPSA) is 30.5 Å². The van der Waals surface area contributed by atoms with Gasteiger partial charge in [0.2, 0.25) is 0 Å². The van der Waals surface area contributed by atoms with Crippen LogP contribution in [0.3, 0.4) is 0 Å². The zero-order valence-electron chi connectivity index (χ0n) is 10.5. The van der Waals surface area contributed by atoms with Crippen LogP contribution in [0.25, 0.3) is 0 Å². The number of nitrogens with one attached hydrogen (secondary N) is 1. The second-order valence-corrected chi connectivity index (χ2v) is 7.07. The Labute approximate surface area is 133 Å². The lowest BCUT2D eigenvalue weighted by Gasteiger charge is -2.10. The van der Waals surface area contributed by atoms with Gasteiger partial charge >= 0.3 is 0 Å². The Balaban J connectivity index is 2.07. The van der Waals surface area contributed by atoms with Crippen molar-refractivity contribution < 1.29 is 9.47 Å². The van der Waals surface area contributed by atoms with Gasteiger partial charge < -0.3 is 14.8 Å². The third-order valence-electron chi connectivity index (χ3n) is 2.55. The Kier molecular flexibility index (Phi) is 5.13. The minimum atomic E-state index is 0.723. The first-order valence-electron chi connectivity index (χ1n) is 5.53. The molecule has 0 aliphatic rings. The zero-order chi connectivity index (χ0) is 13.8. The van der Waals surface area contributed by atoms with E-state index >= 15 is 0 Å². The number of hydrogen-bond donors (Lipinski definition) is 1. The van der Waals surface area contributed by atoms with Crippen molar-refractivity contribution in [3.05, 3.63) is 37.4 Å². The highest BCUT2D eigenvalue weighted by Gasteiger charge is 2.06. The summed E-state index contributed by atoms with van der Waals surface area (Å²) in [6, 6.07) is 7.89. The van der Waals surface area contributed by atoms with E-state index in [0.717, 1.165) is 32.0 Å². The van der Waals surface area contributed by atoms with Crippen LogP contribution in [0.2, 0.25) is 0 Å². The van der Waals surface area contributed by atoms with Gasteiger partial charge in [-0.3, -0.25) is 0 Å². The van der Waals surface area contributed by atoms with E-state index in [-0.39, 0.29) is 0 Å². The predicted molar refractivity (Wildman–Crippen MR) is 86.6 cm³/mol. The van der Waals surface area contributed by atoms with Crippen molar-refractivity contribution in [1.82, 2.24) is 0 Å². The first-order valence-corrected chi connectivity index (χ1v) is 7.94. The highest BCUT2D eigenvalue weighted by atomic mass is 79.9. The average Bonchev–Trinajstić information content (AvgIpc) is 2.75. The molecule has 1 aromatic heterocycles. The molecule has 1 N–H and O–H groups in total. The van der Waals surface area contributed by atoms with Gasteiger partial charge in [-0.15, -0.1) is 11.3 Å². The van der Waals surface area contributed by atoms with Crippen molar-refractivity contribution in [3.63, 3.8) is 0 Å². The molecule has 0 bridgehead atoms. The van der Waals surface area contributed by atoms with Crippen molar-refractivity contribution in [1.29, 1.82) is 0 Å². The largest absolute Gasteiger partial charge is 0.493 e. The first-order chi connectivity index (χ1) is 9.13. The van der Waals surface area contributed by atoms with Crippen LogP contribution in [0.5, 0.6) is 11.5 Å². The molecule has 0 spiro atoms. The van der Waals surface area contributed by atoms with E-state index in [9.17, 15) is 0 Å². The Hall–Kier alpha value is -0.720. The molecule has 0 atom stereocenters. The van der Waals surface area contributed by atoms with Crippen molar-refractivity contribution in [2.75, 3.05) is 19.5 Å². The van der Waals surface area contributed by atoms with Gasteiger partial charge in [-0.2, -0.15) is 0 Å². The molecule has 1 heterocycles. The number of benzene rings is 1. The Morgan fingerprint density at radius 1 is 1.11 bits per heavy atom. The molecule has 0 aliphatic carbocycles. The van der Waals surface area contributed by atoms with Crippen molar-refractivity contribution >= 4 is 48.9 Å². The summed E-state index contributed by atoms with van der Waals surface area (Å²) in [7, 11) is 3.26. The fraction of sp³-hybridized carbons (Fsp3) is 0.231. The molecule has 0 unspecified atom stereocenters. The summed E-state index contributed by atoms with van der Waals surface area (Å²) in [5, 5.41) is 3.36. The molecule has 2 aromatic rings. The van der Waals surface area contributed by atoms with Crippen LogP contribution in [0.1, 0.15) is 4.88 Å². The van der Waals surface area contributed by atoms with Crippen molar-refractivity contribution in [3.8, 4) is 11.5 Å². The average molecular weight is 407 g/mol. The Morgan fingerprint density at radius 3 is 2.42 bits per heavy atom. The van der Waals surface area contributed by atoms with E-state index < -0.39 is 0 Å². The van der Waals surface area contributed by atoms with Crippen LogP contribution >= 0.6 is 43.2 Å². The standard InChI is InChI=1S/C13H13Br2NO2S/c1-17-11-4-3-8(5-12(11)18-2)16-7-9-6-10(14)13(15)19-9/h3-6,16H,7H2,1-2H3. The Bertz CT molecular complexity index is 552. The van der Waals surface area contributed by atoms with Gasteiger partial charge in [-0.25, -0.2) is 0 Å². The molecular weight excluding hydrogens is 394 g/mol. The van der Waals surface area contributed by atoms with Gasteiger partial charge in [0.15, 0.2) is 11.5 Å². The maximum atomic E-state index is 5.27. The fourth-order valence-corrected chi connectivity index (χ4v) is 3.73. The number of rotatable bonds is 5. The van der Waals surface area contributed by atoms with Crippen LogP contribution in [-0.2, 0) is 6.54 Å². The molecule has 0 amide bonds. The lowest BCUT2D eigenvalue weighted by molar-refractivity contribution is 0.355. The van der Waals surface area contributed by atoms with Gasteiger partial charge in [-0.1, -0.05) is 0 Å². The van der Waals surface area contributed by atoms with E-state index in [1.54, 1.807) is 25.6 Å². The zero-order valence-corrected chi connectivity index (χ0v) is 14.5. The molecule has 19 heavy (non-hydrogen) atoms. The van der Waals surface area contributed by atoms with Gasteiger partial charge in [0.1, 0.15) is 0 Å². The minimum Gasteiger partial charge on any atom is -0.493 e. The van der Waals surface area contributed by atoms with Gasteiger partial charge in [-0.05, 0) is 50.1 Å². The minimum absolute atomic E-state index is 0.723. The number of ether oxygens (including phenoxy) is 2. The fourth-order valence-electron chi connectivity index (χ4n) is 1.61. The van der Waals surface area contributed by atoms with E-state index in [1.807, 2.05) is 18.2 Å². The second-order valence-electron chi connectivity index (χ2n) is 3.76. The molecule has 2 rings (SSSR count). The summed E-state index contributed by atoms with van der Waals surface area (Å²) in [5.74, 6) is 1.45. The molecular formula is C13H13Br2NO2S. The van der Waals surface area contributed by atoms with Crippen LogP contribution in [0, 0.1) is 0 Å². The van der Waals surface area contributed by atoms with Gasteiger partial charge in [0.25, 0.3) is 0 Å². The molecule has 0 fully saturated rings. The number of hydrogen-bond acceptors (Lipinski definition) is 4. The predicted octanol–water partition coefficient (Wildman–Crippen LogP) is 4.90. The van der Waals surface area contributed by atoms with Crippen LogP contribution in [-0.4, -0.2) is 14.2 Å².